The number of nitrogens with zero attached hydrogens (tertiary/aromatic N) is 4. The van der Waals surface area contributed by atoms with E-state index in [-0.39, 0.29) is 12.3 Å². The minimum absolute atomic E-state index is 0.131. The van der Waals surface area contributed by atoms with Gasteiger partial charge < -0.3 is 14.8 Å². The summed E-state index contributed by atoms with van der Waals surface area (Å²) < 4.78 is 12.7. The van der Waals surface area contributed by atoms with Crippen LogP contribution in [0, 0.1) is 6.92 Å². The molecule has 0 bridgehead atoms. The summed E-state index contributed by atoms with van der Waals surface area (Å²) in [5.74, 6) is 2.11. The first-order valence-corrected chi connectivity index (χ1v) is 9.67. The summed E-state index contributed by atoms with van der Waals surface area (Å²) >= 11 is 0. The lowest BCUT2D eigenvalue weighted by Crippen LogP contribution is -2.14. The molecule has 0 saturated heterocycles. The number of carbonyl (C=O) groups is 1. The van der Waals surface area contributed by atoms with Crippen molar-refractivity contribution in [3.63, 3.8) is 0 Å². The van der Waals surface area contributed by atoms with Crippen molar-refractivity contribution in [3.05, 3.63) is 84.2 Å². The van der Waals surface area contributed by atoms with Crippen LogP contribution in [0.25, 0.3) is 5.82 Å². The molecule has 0 aliphatic carbocycles. The van der Waals surface area contributed by atoms with Crippen LogP contribution >= 0.6 is 0 Å². The zero-order valence-electron chi connectivity index (χ0n) is 17.1. The average Bonchev–Trinajstić information content (AvgIpc) is 3.22. The molecule has 0 fully saturated rings. The highest BCUT2D eigenvalue weighted by molar-refractivity contribution is 5.92. The molecule has 0 atom stereocenters. The molecule has 0 aliphatic heterocycles. The largest absolute Gasteiger partial charge is 0.496 e. The number of carbonyl (C=O) groups excluding carboxylic acids is 1. The fourth-order valence-electron chi connectivity index (χ4n) is 2.99. The maximum atomic E-state index is 12.4. The van der Waals surface area contributed by atoms with Gasteiger partial charge in [0.05, 0.1) is 19.2 Å². The Kier molecular flexibility index (Phi) is 5.89. The minimum Gasteiger partial charge on any atom is -0.496 e. The van der Waals surface area contributed by atoms with Crippen LogP contribution in [0.1, 0.15) is 11.3 Å². The Morgan fingerprint density at radius 3 is 2.48 bits per heavy atom. The maximum Gasteiger partial charge on any atom is 0.238 e. The molecule has 2 heterocycles. The molecule has 0 saturated carbocycles. The lowest BCUT2D eigenvalue weighted by atomic mass is 10.1. The molecule has 2 aromatic carbocycles. The van der Waals surface area contributed by atoms with Gasteiger partial charge in [0.1, 0.15) is 11.5 Å². The highest BCUT2D eigenvalue weighted by atomic mass is 16.5. The Labute approximate surface area is 179 Å². The fraction of sp³-hybridized carbons (Fsp3) is 0.130. The van der Waals surface area contributed by atoms with E-state index in [0.717, 1.165) is 11.3 Å². The molecule has 1 N–H and O–H groups in total. The topological polar surface area (TPSA) is 91.2 Å². The van der Waals surface area contributed by atoms with Crippen LogP contribution < -0.4 is 14.8 Å². The molecule has 0 unspecified atom stereocenters. The molecule has 31 heavy (non-hydrogen) atoms. The summed E-state index contributed by atoms with van der Waals surface area (Å²) in [6.45, 7) is 1.91. The molecule has 156 valence electrons. The van der Waals surface area contributed by atoms with Gasteiger partial charge in [0, 0.05) is 23.5 Å². The number of nitrogens with one attached hydrogen (secondary N) is 1. The van der Waals surface area contributed by atoms with Crippen LogP contribution in [0.3, 0.4) is 0 Å². The van der Waals surface area contributed by atoms with Gasteiger partial charge in [-0.3, -0.25) is 4.79 Å². The molecular formula is C23H21N5O3. The maximum absolute atomic E-state index is 12.4. The Bertz CT molecular complexity index is 1170. The van der Waals surface area contributed by atoms with Crippen LogP contribution in [0.2, 0.25) is 0 Å². The van der Waals surface area contributed by atoms with Crippen LogP contribution in [0.5, 0.6) is 17.4 Å². The van der Waals surface area contributed by atoms with E-state index >= 15 is 0 Å². The predicted octanol–water partition coefficient (Wildman–Crippen LogP) is 3.95. The van der Waals surface area contributed by atoms with Gasteiger partial charge in [-0.15, -0.1) is 10.2 Å². The van der Waals surface area contributed by atoms with Gasteiger partial charge in [-0.05, 0) is 49.4 Å². The van der Waals surface area contributed by atoms with E-state index in [4.69, 9.17) is 9.47 Å². The second-order valence-electron chi connectivity index (χ2n) is 6.79. The van der Waals surface area contributed by atoms with E-state index in [1.165, 1.54) is 0 Å². The van der Waals surface area contributed by atoms with Crippen molar-refractivity contribution in [2.75, 3.05) is 12.4 Å². The van der Waals surface area contributed by atoms with Gasteiger partial charge in [0.2, 0.25) is 11.8 Å². The Hall–Kier alpha value is -4.20. The molecule has 8 heteroatoms. The first kappa shape index (κ1) is 20.1. The van der Waals surface area contributed by atoms with Crippen molar-refractivity contribution in [1.29, 1.82) is 0 Å². The van der Waals surface area contributed by atoms with Crippen molar-refractivity contribution >= 4 is 11.6 Å². The number of para-hydroxylation sites is 1. The van der Waals surface area contributed by atoms with E-state index in [2.05, 4.69) is 20.6 Å². The number of hydrogen-bond acceptors (Lipinski definition) is 6. The zero-order valence-corrected chi connectivity index (χ0v) is 17.1. The number of anilines is 1. The molecule has 8 nitrogen and oxygen atoms in total. The third kappa shape index (κ3) is 5.05. The van der Waals surface area contributed by atoms with Crippen molar-refractivity contribution in [2.45, 2.75) is 13.3 Å². The Morgan fingerprint density at radius 1 is 1.00 bits per heavy atom. The van der Waals surface area contributed by atoms with Gasteiger partial charge in [0.15, 0.2) is 5.82 Å². The fourth-order valence-corrected chi connectivity index (χ4v) is 2.99. The van der Waals surface area contributed by atoms with Gasteiger partial charge >= 0.3 is 0 Å². The lowest BCUT2D eigenvalue weighted by molar-refractivity contribution is -0.115. The second kappa shape index (κ2) is 9.08. The molecule has 1 amide bonds. The Balaban J connectivity index is 1.35. The van der Waals surface area contributed by atoms with E-state index in [9.17, 15) is 4.79 Å². The van der Waals surface area contributed by atoms with Crippen molar-refractivity contribution in [2.24, 2.45) is 0 Å². The van der Waals surface area contributed by atoms with Crippen LogP contribution in [0.4, 0.5) is 5.69 Å². The van der Waals surface area contributed by atoms with Gasteiger partial charge in [-0.1, -0.05) is 18.2 Å². The quantitative estimate of drug-likeness (QED) is 0.491. The Morgan fingerprint density at radius 2 is 1.81 bits per heavy atom. The molecule has 0 spiro atoms. The number of aromatic nitrogens is 4. The summed E-state index contributed by atoms with van der Waals surface area (Å²) in [5.41, 5.74) is 2.40. The highest BCUT2D eigenvalue weighted by Gasteiger charge is 2.09. The van der Waals surface area contributed by atoms with Crippen molar-refractivity contribution in [1.82, 2.24) is 20.0 Å². The molecule has 0 aliphatic rings. The van der Waals surface area contributed by atoms with Crippen LogP contribution in [0.15, 0.2) is 72.9 Å². The smallest absolute Gasteiger partial charge is 0.238 e. The molecule has 4 rings (SSSR count). The van der Waals surface area contributed by atoms with Gasteiger partial charge in [-0.2, -0.15) is 5.10 Å². The molecule has 0 radical (unpaired) electrons. The first-order chi connectivity index (χ1) is 15.1. The molecule has 4 aromatic rings. The van der Waals surface area contributed by atoms with Crippen LogP contribution in [-0.4, -0.2) is 33.0 Å². The van der Waals surface area contributed by atoms with Crippen molar-refractivity contribution < 1.29 is 14.3 Å². The number of rotatable bonds is 7. The van der Waals surface area contributed by atoms with E-state index in [0.29, 0.717) is 28.9 Å². The van der Waals surface area contributed by atoms with E-state index < -0.39 is 0 Å². The van der Waals surface area contributed by atoms with Crippen LogP contribution in [-0.2, 0) is 11.2 Å². The standard InChI is InChI=1S/C23H21N5O3/c1-16-13-14-28(27-16)21-11-12-23(26-25-21)31-19-9-7-18(8-10-19)24-22(29)15-17-5-3-4-6-20(17)30-2/h3-14H,15H2,1-2H3,(H,24,29). The summed E-state index contributed by atoms with van der Waals surface area (Å²) in [4.78, 5) is 12.4. The number of ether oxygens (including phenoxy) is 2. The predicted molar refractivity (Wildman–Crippen MR) is 116 cm³/mol. The molecular weight excluding hydrogens is 394 g/mol. The monoisotopic (exact) mass is 415 g/mol. The summed E-state index contributed by atoms with van der Waals surface area (Å²) in [6, 6.07) is 19.9. The number of benzene rings is 2. The number of aryl methyl sites for hydroxylation is 1. The van der Waals surface area contributed by atoms with Gasteiger partial charge in [-0.25, -0.2) is 4.68 Å². The zero-order chi connectivity index (χ0) is 21.6. The third-order valence-electron chi connectivity index (χ3n) is 4.49. The normalized spacial score (nSPS) is 10.5. The second-order valence-corrected chi connectivity index (χ2v) is 6.79. The number of amides is 1. The third-order valence-corrected chi connectivity index (χ3v) is 4.49. The summed E-state index contributed by atoms with van der Waals surface area (Å²) in [6.07, 6.45) is 2.04. The van der Waals surface area contributed by atoms with E-state index in [1.54, 1.807) is 48.2 Å². The highest BCUT2D eigenvalue weighted by Crippen LogP contribution is 2.22. The van der Waals surface area contributed by atoms with Gasteiger partial charge in [0.25, 0.3) is 0 Å². The minimum atomic E-state index is -0.131. The first-order valence-electron chi connectivity index (χ1n) is 9.67. The SMILES string of the molecule is COc1ccccc1CC(=O)Nc1ccc(Oc2ccc(-n3ccc(C)n3)nn2)cc1. The van der Waals surface area contributed by atoms with E-state index in [1.807, 2.05) is 43.5 Å². The molecule has 2 aromatic heterocycles. The van der Waals surface area contributed by atoms with Crippen molar-refractivity contribution in [3.8, 4) is 23.2 Å². The number of hydrogen-bond donors (Lipinski definition) is 1. The number of methoxy groups -OCH3 is 1. The average molecular weight is 415 g/mol. The summed E-state index contributed by atoms with van der Waals surface area (Å²) in [7, 11) is 1.59. The lowest BCUT2D eigenvalue weighted by Gasteiger charge is -2.10. The summed E-state index contributed by atoms with van der Waals surface area (Å²) in [5, 5.41) is 15.4.